The summed E-state index contributed by atoms with van der Waals surface area (Å²) in [5.74, 6) is 3.35. The van der Waals surface area contributed by atoms with Crippen LogP contribution in [-0.4, -0.2) is 40.6 Å². The average Bonchev–Trinajstić information content (AvgIpc) is 3.43. The molecule has 2 saturated carbocycles. The molecule has 6 nitrogen and oxygen atoms in total. The van der Waals surface area contributed by atoms with Gasteiger partial charge in [0.15, 0.2) is 5.72 Å². The Bertz CT molecular complexity index is 753. The molecule has 7 heteroatoms. The molecule has 3 fully saturated rings. The number of nitrogens with one attached hydrogen (secondary N) is 1. The predicted octanol–water partition coefficient (Wildman–Crippen LogP) is 4.40. The summed E-state index contributed by atoms with van der Waals surface area (Å²) < 4.78 is 11.7. The Kier molecular flexibility index (Phi) is 5.89. The first-order valence-electron chi connectivity index (χ1n) is 10.9. The topological polar surface area (TPSA) is 63.7 Å². The van der Waals surface area contributed by atoms with Crippen LogP contribution >= 0.6 is 11.3 Å². The quantitative estimate of drug-likeness (QED) is 0.664. The Balaban J connectivity index is 1.25. The highest BCUT2D eigenvalue weighted by atomic mass is 32.1. The molecule has 1 N–H and O–H groups in total. The summed E-state index contributed by atoms with van der Waals surface area (Å²) in [6, 6.07) is 0.380. The second kappa shape index (κ2) is 8.26. The SMILES string of the molecule is CC(C)N1C/C(=C/Oc2ncc(C(=O)NCCC3C4CCC3CC4)s2)OC1(C)C. The molecule has 160 valence electrons. The highest BCUT2D eigenvalue weighted by molar-refractivity contribution is 7.15. The number of carbonyl (C=O) groups excluding carboxylic acids is 1. The third-order valence-electron chi connectivity index (χ3n) is 6.81. The molecule has 0 radical (unpaired) electrons. The van der Waals surface area contributed by atoms with Crippen molar-refractivity contribution < 1.29 is 14.3 Å². The number of amides is 1. The van der Waals surface area contributed by atoms with Crippen molar-refractivity contribution in [3.63, 3.8) is 0 Å². The van der Waals surface area contributed by atoms with Crippen molar-refractivity contribution in [2.45, 2.75) is 71.6 Å². The number of hydrogen-bond acceptors (Lipinski definition) is 6. The summed E-state index contributed by atoms with van der Waals surface area (Å²) in [7, 11) is 0. The third kappa shape index (κ3) is 4.45. The summed E-state index contributed by atoms with van der Waals surface area (Å²) >= 11 is 1.27. The summed E-state index contributed by atoms with van der Waals surface area (Å²) in [5, 5.41) is 3.52. The van der Waals surface area contributed by atoms with Gasteiger partial charge in [-0.05, 0) is 77.6 Å². The number of ether oxygens (including phenoxy) is 2. The zero-order valence-corrected chi connectivity index (χ0v) is 18.8. The Morgan fingerprint density at radius 3 is 2.69 bits per heavy atom. The molecule has 0 unspecified atom stereocenters. The molecule has 1 aromatic heterocycles. The molecule has 0 atom stereocenters. The monoisotopic (exact) mass is 419 g/mol. The lowest BCUT2D eigenvalue weighted by molar-refractivity contribution is -0.0475. The van der Waals surface area contributed by atoms with Crippen LogP contribution in [0.2, 0.25) is 0 Å². The van der Waals surface area contributed by atoms with E-state index in [2.05, 4.69) is 42.9 Å². The summed E-state index contributed by atoms with van der Waals surface area (Å²) in [6.07, 6.45) is 9.88. The van der Waals surface area contributed by atoms with Crippen LogP contribution in [0.25, 0.3) is 0 Å². The van der Waals surface area contributed by atoms with Crippen LogP contribution in [0.1, 0.15) is 69.5 Å². The van der Waals surface area contributed by atoms with Crippen molar-refractivity contribution in [2.24, 2.45) is 17.8 Å². The first-order chi connectivity index (χ1) is 13.8. The minimum absolute atomic E-state index is 0.0559. The fourth-order valence-electron chi connectivity index (χ4n) is 5.47. The lowest BCUT2D eigenvalue weighted by atomic mass is 9.94. The van der Waals surface area contributed by atoms with Gasteiger partial charge in [0.2, 0.25) is 0 Å². The lowest BCUT2D eigenvalue weighted by Crippen LogP contribution is -2.43. The zero-order valence-electron chi connectivity index (χ0n) is 17.9. The van der Waals surface area contributed by atoms with Gasteiger partial charge >= 0.3 is 0 Å². The summed E-state index contributed by atoms with van der Waals surface area (Å²) in [4.78, 5) is 19.5. The second-order valence-electron chi connectivity index (χ2n) is 9.35. The fraction of sp³-hybridized carbons (Fsp3) is 0.727. The van der Waals surface area contributed by atoms with Gasteiger partial charge in [-0.1, -0.05) is 11.3 Å². The largest absolute Gasteiger partial charge is 0.473 e. The second-order valence-corrected chi connectivity index (χ2v) is 10.3. The highest BCUT2D eigenvalue weighted by Gasteiger charge is 2.41. The molecular weight excluding hydrogens is 386 g/mol. The molecule has 3 aliphatic rings. The van der Waals surface area contributed by atoms with Crippen LogP contribution in [0.3, 0.4) is 0 Å². The van der Waals surface area contributed by atoms with E-state index in [-0.39, 0.29) is 11.6 Å². The van der Waals surface area contributed by atoms with Crippen LogP contribution in [0.15, 0.2) is 18.2 Å². The van der Waals surface area contributed by atoms with Crippen LogP contribution < -0.4 is 10.1 Å². The van der Waals surface area contributed by atoms with E-state index in [1.807, 2.05) is 0 Å². The number of rotatable bonds is 7. The fourth-order valence-corrected chi connectivity index (χ4v) is 6.13. The van der Waals surface area contributed by atoms with Crippen LogP contribution in [0.5, 0.6) is 5.19 Å². The van der Waals surface area contributed by atoms with Crippen molar-refractivity contribution in [3.05, 3.63) is 23.1 Å². The molecule has 1 aliphatic heterocycles. The van der Waals surface area contributed by atoms with Crippen molar-refractivity contribution in [2.75, 3.05) is 13.1 Å². The van der Waals surface area contributed by atoms with Gasteiger partial charge in [-0.15, -0.1) is 0 Å². The van der Waals surface area contributed by atoms with Crippen molar-refractivity contribution in [1.82, 2.24) is 15.2 Å². The number of nitrogens with zero attached hydrogens (tertiary/aromatic N) is 2. The van der Waals surface area contributed by atoms with E-state index < -0.39 is 0 Å². The summed E-state index contributed by atoms with van der Waals surface area (Å²) in [6.45, 7) is 9.86. The summed E-state index contributed by atoms with van der Waals surface area (Å²) in [5.41, 5.74) is -0.351. The molecule has 2 aliphatic carbocycles. The van der Waals surface area contributed by atoms with Gasteiger partial charge in [0.25, 0.3) is 11.1 Å². The highest BCUT2D eigenvalue weighted by Crippen LogP contribution is 2.50. The maximum Gasteiger partial charge on any atom is 0.278 e. The lowest BCUT2D eigenvalue weighted by Gasteiger charge is -2.32. The van der Waals surface area contributed by atoms with E-state index in [4.69, 9.17) is 9.47 Å². The van der Waals surface area contributed by atoms with Gasteiger partial charge in [-0.2, -0.15) is 0 Å². The smallest absolute Gasteiger partial charge is 0.278 e. The first kappa shape index (κ1) is 20.7. The Morgan fingerprint density at radius 1 is 1.38 bits per heavy atom. The van der Waals surface area contributed by atoms with E-state index in [9.17, 15) is 4.79 Å². The maximum absolute atomic E-state index is 12.4. The predicted molar refractivity (Wildman–Crippen MR) is 114 cm³/mol. The Labute approximate surface area is 177 Å². The van der Waals surface area contributed by atoms with E-state index in [1.165, 1.54) is 37.0 Å². The molecule has 4 rings (SSSR count). The number of fused-ring (bicyclic) bond motifs is 2. The van der Waals surface area contributed by atoms with Gasteiger partial charge in [0, 0.05) is 12.6 Å². The maximum atomic E-state index is 12.4. The van der Waals surface area contributed by atoms with Crippen LogP contribution in [0, 0.1) is 17.8 Å². The van der Waals surface area contributed by atoms with Crippen molar-refractivity contribution >= 4 is 17.2 Å². The van der Waals surface area contributed by atoms with Crippen molar-refractivity contribution in [3.8, 4) is 5.19 Å². The molecule has 2 heterocycles. The van der Waals surface area contributed by atoms with Gasteiger partial charge in [0.05, 0.1) is 12.7 Å². The number of hydrogen-bond donors (Lipinski definition) is 1. The van der Waals surface area contributed by atoms with Gasteiger partial charge < -0.3 is 14.8 Å². The van der Waals surface area contributed by atoms with Crippen LogP contribution in [0.4, 0.5) is 0 Å². The first-order valence-corrected chi connectivity index (χ1v) is 11.7. The molecule has 1 amide bonds. The molecular formula is C22H33N3O3S. The average molecular weight is 420 g/mol. The van der Waals surface area contributed by atoms with Crippen molar-refractivity contribution in [1.29, 1.82) is 0 Å². The van der Waals surface area contributed by atoms with Gasteiger partial charge in [-0.3, -0.25) is 9.69 Å². The van der Waals surface area contributed by atoms with Gasteiger partial charge in [-0.25, -0.2) is 4.98 Å². The molecule has 29 heavy (non-hydrogen) atoms. The third-order valence-corrected chi connectivity index (χ3v) is 7.70. The molecule has 2 bridgehead atoms. The number of aromatic nitrogens is 1. The zero-order chi connectivity index (χ0) is 20.6. The minimum Gasteiger partial charge on any atom is -0.473 e. The Morgan fingerprint density at radius 2 is 2.07 bits per heavy atom. The van der Waals surface area contributed by atoms with E-state index in [1.54, 1.807) is 12.5 Å². The van der Waals surface area contributed by atoms with E-state index in [0.717, 1.165) is 36.5 Å². The Hall–Kier alpha value is -1.60. The molecule has 1 saturated heterocycles. The normalized spacial score (nSPS) is 29.6. The number of carbonyl (C=O) groups is 1. The van der Waals surface area contributed by atoms with E-state index >= 15 is 0 Å². The molecule has 0 aromatic carbocycles. The minimum atomic E-state index is -0.351. The molecule has 0 spiro atoms. The van der Waals surface area contributed by atoms with E-state index in [0.29, 0.717) is 22.7 Å². The standard InChI is InChI=1S/C22H33N3O3S/c1-14(2)25-12-17(28-22(25,3)4)13-27-21-24-11-19(29-21)20(26)23-10-9-18-15-5-6-16(18)8-7-15/h11,13-16,18H,5-10,12H2,1-4H3,(H,23,26)/b17-13-. The number of thiazole rings is 1. The molecule has 1 aromatic rings. The van der Waals surface area contributed by atoms with Crippen LogP contribution in [-0.2, 0) is 4.74 Å². The van der Waals surface area contributed by atoms with Gasteiger partial charge in [0.1, 0.15) is 16.9 Å².